The predicted octanol–water partition coefficient (Wildman–Crippen LogP) is 6.39. The number of hydrogen-bond acceptors (Lipinski definition) is 1. The largest absolute Gasteiger partial charge is 0.358 e. The van der Waals surface area contributed by atoms with Crippen molar-refractivity contribution in [1.29, 1.82) is 0 Å². The summed E-state index contributed by atoms with van der Waals surface area (Å²) in [4.78, 5) is 0. The first kappa shape index (κ1) is 18.4. The molecule has 1 radical (unpaired) electrons. The highest BCUT2D eigenvalue weighted by atomic mass is 16.5. The maximum Gasteiger partial charge on any atom is 0.144 e. The zero-order chi connectivity index (χ0) is 18.2. The lowest BCUT2D eigenvalue weighted by atomic mass is 9.80. The van der Waals surface area contributed by atoms with Crippen LogP contribution in [0.3, 0.4) is 0 Å². The van der Waals surface area contributed by atoms with Gasteiger partial charge < -0.3 is 4.74 Å². The van der Waals surface area contributed by atoms with Crippen LogP contribution in [-0.4, -0.2) is 6.10 Å². The Hall–Kier alpha value is -2.38. The minimum atomic E-state index is -0.663. The summed E-state index contributed by atoms with van der Waals surface area (Å²) in [6, 6.07) is 31.4. The lowest BCUT2D eigenvalue weighted by Gasteiger charge is -2.38. The predicted molar refractivity (Wildman–Crippen MR) is 109 cm³/mol. The van der Waals surface area contributed by atoms with Gasteiger partial charge >= 0.3 is 0 Å². The van der Waals surface area contributed by atoms with Gasteiger partial charge in [0.15, 0.2) is 0 Å². The van der Waals surface area contributed by atoms with E-state index in [0.717, 1.165) is 36.0 Å². The van der Waals surface area contributed by atoms with Gasteiger partial charge in [0.05, 0.1) is 6.10 Å². The zero-order valence-electron chi connectivity index (χ0n) is 15.5. The Morgan fingerprint density at radius 1 is 0.731 bits per heavy atom. The lowest BCUT2D eigenvalue weighted by molar-refractivity contribution is -0.0299. The van der Waals surface area contributed by atoms with Crippen molar-refractivity contribution in [2.45, 2.75) is 37.9 Å². The molecule has 0 spiro atoms. The maximum atomic E-state index is 6.79. The summed E-state index contributed by atoms with van der Waals surface area (Å²) in [5, 5.41) is 0. The van der Waals surface area contributed by atoms with Crippen molar-refractivity contribution in [3.05, 3.63) is 115 Å². The van der Waals surface area contributed by atoms with E-state index in [1.165, 1.54) is 0 Å². The summed E-state index contributed by atoms with van der Waals surface area (Å²) < 4.78 is 6.79. The zero-order valence-corrected chi connectivity index (χ0v) is 15.5. The van der Waals surface area contributed by atoms with Gasteiger partial charge in [0, 0.05) is 0 Å². The van der Waals surface area contributed by atoms with Gasteiger partial charge in [0.2, 0.25) is 0 Å². The highest BCUT2D eigenvalue weighted by Crippen LogP contribution is 2.41. The van der Waals surface area contributed by atoms with Crippen molar-refractivity contribution in [3.8, 4) is 0 Å². The Labute approximate surface area is 157 Å². The van der Waals surface area contributed by atoms with Crippen molar-refractivity contribution >= 4 is 0 Å². The molecular formula is C25H27O. The number of ether oxygens (including phenoxy) is 1. The molecule has 0 aliphatic heterocycles. The lowest BCUT2D eigenvalue weighted by Crippen LogP contribution is -2.36. The first-order valence-corrected chi connectivity index (χ1v) is 9.45. The molecule has 0 saturated carbocycles. The van der Waals surface area contributed by atoms with Crippen LogP contribution in [0.5, 0.6) is 0 Å². The van der Waals surface area contributed by atoms with Crippen LogP contribution in [0.2, 0.25) is 0 Å². The number of hydrogen-bond donors (Lipinski definition) is 0. The molecule has 1 heteroatoms. The quantitative estimate of drug-likeness (QED) is 0.431. The molecule has 0 heterocycles. The second-order valence-electron chi connectivity index (χ2n) is 6.66. The third-order valence-electron chi connectivity index (χ3n) is 4.76. The first-order chi connectivity index (χ1) is 12.8. The van der Waals surface area contributed by atoms with Crippen LogP contribution in [0, 0.1) is 6.92 Å². The highest BCUT2D eigenvalue weighted by molar-refractivity contribution is 5.47. The minimum Gasteiger partial charge on any atom is -0.358 e. The molecule has 0 aliphatic carbocycles. The Kier molecular flexibility index (Phi) is 6.25. The molecule has 3 aromatic rings. The third-order valence-corrected chi connectivity index (χ3v) is 4.76. The molecule has 1 atom stereocenters. The molecule has 0 bridgehead atoms. The fourth-order valence-corrected chi connectivity index (χ4v) is 3.46. The second-order valence-corrected chi connectivity index (χ2v) is 6.66. The summed E-state index contributed by atoms with van der Waals surface area (Å²) in [6.07, 6.45) is 3.12. The second kappa shape index (κ2) is 8.82. The molecule has 3 aromatic carbocycles. The van der Waals surface area contributed by atoms with E-state index in [2.05, 4.69) is 86.6 Å². The SMILES string of the molecule is [CH2]C(CCCC)OC(c1ccccc1)(c1ccccc1)c1ccccc1. The number of unbranched alkanes of at least 4 members (excludes halogenated alkanes) is 1. The number of benzene rings is 3. The Morgan fingerprint density at radius 2 is 1.12 bits per heavy atom. The molecule has 0 aliphatic rings. The van der Waals surface area contributed by atoms with Gasteiger partial charge in [0.25, 0.3) is 0 Å². The molecule has 0 amide bonds. The molecule has 1 unspecified atom stereocenters. The van der Waals surface area contributed by atoms with Crippen molar-refractivity contribution in [3.63, 3.8) is 0 Å². The fraction of sp³-hybridized carbons (Fsp3) is 0.240. The summed E-state index contributed by atoms with van der Waals surface area (Å²) in [6.45, 7) is 6.51. The fourth-order valence-electron chi connectivity index (χ4n) is 3.46. The molecule has 133 valence electrons. The Balaban J connectivity index is 2.18. The third kappa shape index (κ3) is 3.89. The van der Waals surface area contributed by atoms with Crippen LogP contribution in [0.15, 0.2) is 91.0 Å². The molecule has 0 N–H and O–H groups in total. The van der Waals surface area contributed by atoms with E-state index in [0.29, 0.717) is 0 Å². The van der Waals surface area contributed by atoms with Gasteiger partial charge in [-0.15, -0.1) is 0 Å². The van der Waals surface area contributed by atoms with Gasteiger partial charge in [-0.25, -0.2) is 0 Å². The van der Waals surface area contributed by atoms with Crippen molar-refractivity contribution in [2.75, 3.05) is 0 Å². The molecule has 26 heavy (non-hydrogen) atoms. The van der Waals surface area contributed by atoms with Crippen LogP contribution in [0.1, 0.15) is 42.9 Å². The molecule has 1 nitrogen and oxygen atoms in total. The molecule has 3 rings (SSSR count). The van der Waals surface area contributed by atoms with E-state index >= 15 is 0 Å². The standard InChI is InChI=1S/C25H27O/c1-3-4-14-21(2)26-25(22-15-8-5-9-16-22,23-17-10-6-11-18-23)24-19-12-7-13-20-24/h5-13,15-21H,2-4,14H2,1H3. The average molecular weight is 343 g/mol. The van der Waals surface area contributed by atoms with E-state index in [4.69, 9.17) is 4.74 Å². The molecule has 0 aromatic heterocycles. The maximum absolute atomic E-state index is 6.79. The van der Waals surface area contributed by atoms with Crippen LogP contribution in [0.4, 0.5) is 0 Å². The monoisotopic (exact) mass is 343 g/mol. The summed E-state index contributed by atoms with van der Waals surface area (Å²) >= 11 is 0. The smallest absolute Gasteiger partial charge is 0.144 e. The first-order valence-electron chi connectivity index (χ1n) is 9.45. The van der Waals surface area contributed by atoms with Crippen LogP contribution >= 0.6 is 0 Å². The van der Waals surface area contributed by atoms with E-state index in [1.807, 2.05) is 18.2 Å². The molecule has 0 fully saturated rings. The minimum absolute atomic E-state index is 0.0874. The Bertz CT molecular complexity index is 668. The summed E-state index contributed by atoms with van der Waals surface area (Å²) in [5.41, 5.74) is 2.72. The highest BCUT2D eigenvalue weighted by Gasteiger charge is 2.38. The number of rotatable bonds is 8. The van der Waals surface area contributed by atoms with Crippen molar-refractivity contribution in [1.82, 2.24) is 0 Å². The topological polar surface area (TPSA) is 9.23 Å². The Morgan fingerprint density at radius 3 is 1.46 bits per heavy atom. The molecular weight excluding hydrogens is 316 g/mol. The van der Waals surface area contributed by atoms with Gasteiger partial charge in [-0.05, 0) is 30.0 Å². The van der Waals surface area contributed by atoms with Crippen LogP contribution in [-0.2, 0) is 10.3 Å². The van der Waals surface area contributed by atoms with E-state index in [9.17, 15) is 0 Å². The van der Waals surface area contributed by atoms with Gasteiger partial charge in [-0.2, -0.15) is 0 Å². The van der Waals surface area contributed by atoms with Gasteiger partial charge in [-0.3, -0.25) is 0 Å². The summed E-state index contributed by atoms with van der Waals surface area (Å²) in [7, 11) is 0. The molecule has 0 saturated heterocycles. The van der Waals surface area contributed by atoms with Gasteiger partial charge in [-0.1, -0.05) is 111 Å². The van der Waals surface area contributed by atoms with Crippen molar-refractivity contribution < 1.29 is 4.74 Å². The van der Waals surface area contributed by atoms with E-state index in [1.54, 1.807) is 0 Å². The van der Waals surface area contributed by atoms with E-state index in [-0.39, 0.29) is 6.10 Å². The van der Waals surface area contributed by atoms with Crippen LogP contribution < -0.4 is 0 Å². The van der Waals surface area contributed by atoms with Crippen molar-refractivity contribution in [2.24, 2.45) is 0 Å². The van der Waals surface area contributed by atoms with Crippen LogP contribution in [0.25, 0.3) is 0 Å². The van der Waals surface area contributed by atoms with E-state index < -0.39 is 5.60 Å². The normalized spacial score (nSPS) is 12.7. The van der Waals surface area contributed by atoms with Gasteiger partial charge in [0.1, 0.15) is 5.60 Å². The summed E-state index contributed by atoms with van der Waals surface area (Å²) in [5.74, 6) is 0. The average Bonchev–Trinajstić information content (AvgIpc) is 2.72.